The number of hydrogen-bond acceptors (Lipinski definition) is 6. The van der Waals surface area contributed by atoms with Gasteiger partial charge in [-0.3, -0.25) is 19.7 Å². The summed E-state index contributed by atoms with van der Waals surface area (Å²) in [4.78, 5) is 38.7. The molecule has 29 heavy (non-hydrogen) atoms. The average Bonchev–Trinajstić information content (AvgIpc) is 2.71. The normalized spacial score (nSPS) is 18.9. The number of ether oxygens (including phenoxy) is 1. The van der Waals surface area contributed by atoms with Crippen molar-refractivity contribution in [3.05, 3.63) is 69.3 Å². The average molecular weight is 397 g/mol. The number of amides is 1. The zero-order chi connectivity index (χ0) is 21.1. The highest BCUT2D eigenvalue weighted by Crippen LogP contribution is 2.27. The number of hydrogen-bond donors (Lipinski definition) is 1. The van der Waals surface area contributed by atoms with Gasteiger partial charge in [-0.2, -0.15) is 0 Å². The topological polar surface area (TPSA) is 102 Å². The standard InChI is InChI=1S/C21H23N3O5/c1-13-11-23(12-14(2)29-13)21(26)17-7-5-4-6-16(17)20(25)15-8-9-18(22-3)19(10-15)24(27)28/h4-10,13-14,22H,11-12H2,1-3H3/t13-,14-/m1/s1. The quantitative estimate of drug-likeness (QED) is 0.472. The van der Waals surface area contributed by atoms with Crippen molar-refractivity contribution in [1.29, 1.82) is 0 Å². The number of carbonyl (C=O) groups is 2. The van der Waals surface area contributed by atoms with Crippen LogP contribution < -0.4 is 5.32 Å². The van der Waals surface area contributed by atoms with Gasteiger partial charge in [0.1, 0.15) is 5.69 Å². The molecule has 0 aliphatic carbocycles. The van der Waals surface area contributed by atoms with E-state index in [2.05, 4.69) is 5.32 Å². The highest BCUT2D eigenvalue weighted by Gasteiger charge is 2.29. The fraction of sp³-hybridized carbons (Fsp3) is 0.333. The molecule has 1 aliphatic heterocycles. The fourth-order valence-electron chi connectivity index (χ4n) is 3.57. The molecule has 1 aliphatic rings. The van der Waals surface area contributed by atoms with Crippen molar-refractivity contribution in [2.75, 3.05) is 25.5 Å². The van der Waals surface area contributed by atoms with Gasteiger partial charge in [0.2, 0.25) is 0 Å². The maximum Gasteiger partial charge on any atom is 0.293 e. The summed E-state index contributed by atoms with van der Waals surface area (Å²) in [5, 5.41) is 14.1. The molecule has 1 N–H and O–H groups in total. The van der Waals surface area contributed by atoms with E-state index in [1.54, 1.807) is 36.2 Å². The maximum atomic E-state index is 13.1. The van der Waals surface area contributed by atoms with Crippen LogP contribution in [-0.2, 0) is 4.74 Å². The summed E-state index contributed by atoms with van der Waals surface area (Å²) in [5.74, 6) is -0.689. The van der Waals surface area contributed by atoms with Crippen LogP contribution in [0.25, 0.3) is 0 Å². The van der Waals surface area contributed by atoms with Crippen LogP contribution in [0.5, 0.6) is 0 Å². The summed E-state index contributed by atoms with van der Waals surface area (Å²) in [6, 6.07) is 10.8. The van der Waals surface area contributed by atoms with Crippen molar-refractivity contribution in [1.82, 2.24) is 4.90 Å². The highest BCUT2D eigenvalue weighted by molar-refractivity contribution is 6.15. The first-order chi connectivity index (χ1) is 13.8. The molecule has 0 spiro atoms. The van der Waals surface area contributed by atoms with Crippen LogP contribution in [0.4, 0.5) is 11.4 Å². The van der Waals surface area contributed by atoms with Crippen molar-refractivity contribution < 1.29 is 19.2 Å². The Morgan fingerprint density at radius 2 is 1.72 bits per heavy atom. The number of nitrogens with zero attached hydrogens (tertiary/aromatic N) is 2. The molecule has 2 aromatic rings. The highest BCUT2D eigenvalue weighted by atomic mass is 16.6. The molecule has 1 fully saturated rings. The number of ketones is 1. The van der Waals surface area contributed by atoms with Gasteiger partial charge in [0.25, 0.3) is 11.6 Å². The van der Waals surface area contributed by atoms with E-state index in [0.29, 0.717) is 18.8 Å². The number of nitrogens with one attached hydrogen (secondary N) is 1. The zero-order valence-electron chi connectivity index (χ0n) is 16.5. The number of carbonyl (C=O) groups excluding carboxylic acids is 2. The van der Waals surface area contributed by atoms with E-state index in [9.17, 15) is 19.7 Å². The first kappa shape index (κ1) is 20.5. The Hall–Kier alpha value is -3.26. The molecule has 0 saturated carbocycles. The molecule has 3 rings (SSSR count). The maximum absolute atomic E-state index is 13.1. The third-order valence-electron chi connectivity index (χ3n) is 4.83. The number of anilines is 1. The Labute approximate surface area is 168 Å². The molecule has 0 aromatic heterocycles. The minimum absolute atomic E-state index is 0.0951. The lowest BCUT2D eigenvalue weighted by Gasteiger charge is -2.35. The molecule has 2 aromatic carbocycles. The van der Waals surface area contributed by atoms with Crippen molar-refractivity contribution in [2.45, 2.75) is 26.1 Å². The summed E-state index contributed by atoms with van der Waals surface area (Å²) in [6.45, 7) is 4.67. The predicted octanol–water partition coefficient (Wildman–Crippen LogP) is 3.12. The van der Waals surface area contributed by atoms with Crippen LogP contribution in [-0.4, -0.2) is 53.9 Å². The van der Waals surface area contributed by atoms with Crippen LogP contribution in [0.1, 0.15) is 40.1 Å². The Bertz CT molecular complexity index is 949. The largest absolute Gasteiger partial charge is 0.383 e. The molecule has 1 amide bonds. The Balaban J connectivity index is 1.96. The molecule has 1 saturated heterocycles. The first-order valence-corrected chi connectivity index (χ1v) is 9.36. The van der Waals surface area contributed by atoms with Gasteiger partial charge in [-0.05, 0) is 32.0 Å². The van der Waals surface area contributed by atoms with E-state index in [0.717, 1.165) is 0 Å². The lowest BCUT2D eigenvalue weighted by Crippen LogP contribution is -2.48. The number of benzene rings is 2. The van der Waals surface area contributed by atoms with Crippen LogP contribution in [0.3, 0.4) is 0 Å². The van der Waals surface area contributed by atoms with E-state index in [-0.39, 0.29) is 40.5 Å². The van der Waals surface area contributed by atoms with Gasteiger partial charge in [0.05, 0.1) is 22.7 Å². The van der Waals surface area contributed by atoms with E-state index >= 15 is 0 Å². The lowest BCUT2D eigenvalue weighted by molar-refractivity contribution is -0.384. The minimum Gasteiger partial charge on any atom is -0.383 e. The molecule has 152 valence electrons. The Morgan fingerprint density at radius 3 is 2.31 bits per heavy atom. The smallest absolute Gasteiger partial charge is 0.293 e. The van der Waals surface area contributed by atoms with Crippen molar-refractivity contribution in [3.8, 4) is 0 Å². The van der Waals surface area contributed by atoms with Crippen LogP contribution in [0.2, 0.25) is 0 Å². The molecule has 8 nitrogen and oxygen atoms in total. The second kappa shape index (κ2) is 8.40. The van der Waals surface area contributed by atoms with Crippen molar-refractivity contribution in [3.63, 3.8) is 0 Å². The molecular formula is C21H23N3O5. The van der Waals surface area contributed by atoms with E-state index in [4.69, 9.17) is 4.74 Å². The Kier molecular flexibility index (Phi) is 5.93. The van der Waals surface area contributed by atoms with Gasteiger partial charge in [-0.25, -0.2) is 0 Å². The first-order valence-electron chi connectivity index (χ1n) is 9.36. The molecule has 0 unspecified atom stereocenters. The van der Waals surface area contributed by atoms with Crippen molar-refractivity contribution in [2.24, 2.45) is 0 Å². The van der Waals surface area contributed by atoms with Gasteiger partial charge >= 0.3 is 0 Å². The van der Waals surface area contributed by atoms with Gasteiger partial charge < -0.3 is 15.0 Å². The molecule has 2 atom stereocenters. The van der Waals surface area contributed by atoms with Gasteiger partial charge in [-0.1, -0.05) is 18.2 Å². The summed E-state index contributed by atoms with van der Waals surface area (Å²) in [7, 11) is 1.57. The molecule has 0 radical (unpaired) electrons. The fourth-order valence-corrected chi connectivity index (χ4v) is 3.57. The van der Waals surface area contributed by atoms with Gasteiger partial charge in [-0.15, -0.1) is 0 Å². The minimum atomic E-state index is -0.545. The number of morpholine rings is 1. The van der Waals surface area contributed by atoms with Crippen LogP contribution >= 0.6 is 0 Å². The number of rotatable bonds is 5. The third kappa shape index (κ3) is 4.27. The summed E-state index contributed by atoms with van der Waals surface area (Å²) in [6.07, 6.45) is -0.190. The molecule has 0 bridgehead atoms. The zero-order valence-corrected chi connectivity index (χ0v) is 16.5. The SMILES string of the molecule is CNc1ccc(C(=O)c2ccccc2C(=O)N2C[C@@H](C)O[C@H](C)C2)cc1[N+](=O)[O-]. The van der Waals surface area contributed by atoms with E-state index in [1.165, 1.54) is 18.2 Å². The van der Waals surface area contributed by atoms with Gasteiger partial charge in [0.15, 0.2) is 5.78 Å². The lowest BCUT2D eigenvalue weighted by atomic mass is 9.96. The summed E-state index contributed by atoms with van der Waals surface area (Å²) < 4.78 is 5.68. The van der Waals surface area contributed by atoms with E-state index < -0.39 is 10.7 Å². The van der Waals surface area contributed by atoms with Gasteiger partial charge in [0, 0.05) is 37.3 Å². The third-order valence-corrected chi connectivity index (χ3v) is 4.83. The summed E-state index contributed by atoms with van der Waals surface area (Å²) >= 11 is 0. The van der Waals surface area contributed by atoms with E-state index in [1.807, 2.05) is 13.8 Å². The molecule has 1 heterocycles. The predicted molar refractivity (Wildman–Crippen MR) is 108 cm³/mol. The molecular weight excluding hydrogens is 374 g/mol. The van der Waals surface area contributed by atoms with Crippen LogP contribution in [0.15, 0.2) is 42.5 Å². The Morgan fingerprint density at radius 1 is 1.10 bits per heavy atom. The number of nitro benzene ring substituents is 1. The monoisotopic (exact) mass is 397 g/mol. The number of nitro groups is 1. The second-order valence-electron chi connectivity index (χ2n) is 7.08. The summed E-state index contributed by atoms with van der Waals surface area (Å²) in [5.41, 5.74) is 0.764. The second-order valence-corrected chi connectivity index (χ2v) is 7.08. The molecule has 8 heteroatoms. The van der Waals surface area contributed by atoms with Crippen molar-refractivity contribution >= 4 is 23.1 Å². The van der Waals surface area contributed by atoms with Crippen LogP contribution in [0, 0.1) is 10.1 Å².